The zero-order valence-corrected chi connectivity index (χ0v) is 27.7. The second kappa shape index (κ2) is 15.0. The van der Waals surface area contributed by atoms with Gasteiger partial charge in [-0.3, -0.25) is 4.79 Å². The highest BCUT2D eigenvalue weighted by molar-refractivity contribution is 5.92. The van der Waals surface area contributed by atoms with E-state index < -0.39 is 113 Å². The average Bonchev–Trinajstić information content (AvgIpc) is 3.13. The minimum absolute atomic E-state index is 0.107. The van der Waals surface area contributed by atoms with Gasteiger partial charge >= 0.3 is 5.97 Å². The molecule has 0 spiro atoms. The maximum atomic E-state index is 13.7. The van der Waals surface area contributed by atoms with Crippen molar-refractivity contribution in [1.29, 1.82) is 0 Å². The van der Waals surface area contributed by atoms with Crippen LogP contribution in [0.2, 0.25) is 0 Å². The summed E-state index contributed by atoms with van der Waals surface area (Å²) in [7, 11) is 1.34. The molecule has 0 amide bonds. The first kappa shape index (κ1) is 37.5. The summed E-state index contributed by atoms with van der Waals surface area (Å²) >= 11 is 0. The van der Waals surface area contributed by atoms with Crippen LogP contribution in [0.5, 0.6) is 28.7 Å². The normalized spacial score (nSPS) is 27.6. The van der Waals surface area contributed by atoms with Gasteiger partial charge in [0.2, 0.25) is 0 Å². The molecule has 0 saturated carbocycles. The molecule has 1 aromatic heterocycles. The van der Waals surface area contributed by atoms with Crippen LogP contribution in [-0.2, 0) is 19.0 Å². The molecule has 6 rings (SSSR count). The Balaban J connectivity index is 1.41. The van der Waals surface area contributed by atoms with Crippen molar-refractivity contribution in [1.82, 2.24) is 0 Å². The number of hydrogen-bond acceptors (Lipinski definition) is 17. The third-order valence-electron chi connectivity index (χ3n) is 9.13. The Bertz CT molecular complexity index is 2080. The van der Waals surface area contributed by atoms with E-state index in [2.05, 4.69) is 0 Å². The monoisotopic (exact) mass is 740 g/mol. The van der Waals surface area contributed by atoms with Gasteiger partial charge in [-0.15, -0.1) is 0 Å². The summed E-state index contributed by atoms with van der Waals surface area (Å²) < 4.78 is 27.7. The number of aliphatic hydroxyl groups excluding tert-OH is 6. The molecular formula is C36H36O17. The van der Waals surface area contributed by atoms with Crippen molar-refractivity contribution in [3.8, 4) is 40.1 Å². The number of ether oxygens (including phenoxy) is 4. The van der Waals surface area contributed by atoms with Crippen LogP contribution in [0.4, 0.5) is 0 Å². The lowest BCUT2D eigenvalue weighted by Crippen LogP contribution is -2.55. The minimum atomic E-state index is -2.07. The van der Waals surface area contributed by atoms with E-state index in [9.17, 15) is 60.7 Å². The number of phenolic OH excluding ortho intramolecular Hbond substituents is 4. The van der Waals surface area contributed by atoms with E-state index in [0.717, 1.165) is 12.1 Å². The van der Waals surface area contributed by atoms with E-state index in [-0.39, 0.29) is 28.6 Å². The van der Waals surface area contributed by atoms with Crippen molar-refractivity contribution >= 4 is 23.0 Å². The molecule has 282 valence electrons. The highest BCUT2D eigenvalue weighted by Gasteiger charge is 2.49. The SMILES string of the molecule is COc1cc(/C=C/C(=O)OC[C@H]2OC(c3c(O)c(C4OC[C@@H](O)[C@@H](O)[C@@H]4O)c(O)c4c(=O)cc(-c5ccc(O)cc5)oc34)[C@H](O)[C@@H](O)[C@H]2O)ccc1O. The van der Waals surface area contributed by atoms with Gasteiger partial charge in [0.05, 0.1) is 24.8 Å². The summed E-state index contributed by atoms with van der Waals surface area (Å²) in [5, 5.41) is 106. The molecule has 2 fully saturated rings. The fourth-order valence-electron chi connectivity index (χ4n) is 6.27. The zero-order valence-electron chi connectivity index (χ0n) is 27.7. The Morgan fingerprint density at radius 2 is 1.53 bits per heavy atom. The number of methoxy groups -OCH3 is 1. The Morgan fingerprint density at radius 1 is 0.830 bits per heavy atom. The molecule has 2 unspecified atom stereocenters. The number of benzene rings is 3. The number of carbonyl (C=O) groups is 1. The highest BCUT2D eigenvalue weighted by Crippen LogP contribution is 2.50. The molecule has 0 bridgehead atoms. The van der Waals surface area contributed by atoms with Gasteiger partial charge in [-0.05, 0) is 48.0 Å². The van der Waals surface area contributed by atoms with Gasteiger partial charge in [-0.1, -0.05) is 6.07 Å². The number of carbonyl (C=O) groups excluding carboxylic acids is 1. The molecule has 9 atom stereocenters. The van der Waals surface area contributed by atoms with Crippen LogP contribution < -0.4 is 10.2 Å². The first-order chi connectivity index (χ1) is 25.2. The third-order valence-corrected chi connectivity index (χ3v) is 9.13. The zero-order chi connectivity index (χ0) is 38.3. The number of hydrogen-bond donors (Lipinski definition) is 10. The minimum Gasteiger partial charge on any atom is -0.508 e. The van der Waals surface area contributed by atoms with E-state index in [0.29, 0.717) is 5.56 Å². The lowest BCUT2D eigenvalue weighted by molar-refractivity contribution is -0.234. The maximum Gasteiger partial charge on any atom is 0.330 e. The van der Waals surface area contributed by atoms with Crippen molar-refractivity contribution in [2.75, 3.05) is 20.3 Å². The molecule has 2 saturated heterocycles. The first-order valence-corrected chi connectivity index (χ1v) is 16.1. The van der Waals surface area contributed by atoms with Gasteiger partial charge in [0, 0.05) is 17.7 Å². The molecule has 10 N–H and O–H groups in total. The van der Waals surface area contributed by atoms with Crippen molar-refractivity contribution in [3.63, 3.8) is 0 Å². The van der Waals surface area contributed by atoms with Crippen LogP contribution in [0.1, 0.15) is 28.9 Å². The second-order valence-electron chi connectivity index (χ2n) is 12.5. The molecular weight excluding hydrogens is 704 g/mol. The van der Waals surface area contributed by atoms with Crippen molar-refractivity contribution in [2.45, 2.75) is 54.9 Å². The fourth-order valence-corrected chi connectivity index (χ4v) is 6.27. The first-order valence-electron chi connectivity index (χ1n) is 16.1. The molecule has 0 aliphatic carbocycles. The summed E-state index contributed by atoms with van der Waals surface area (Å²) in [6.45, 7) is -1.29. The number of phenols is 4. The van der Waals surface area contributed by atoms with Crippen LogP contribution in [0.15, 0.2) is 63.8 Å². The summed E-state index contributed by atoms with van der Waals surface area (Å²) in [4.78, 5) is 26.3. The highest BCUT2D eigenvalue weighted by atomic mass is 16.6. The Hall–Kier alpha value is -5.24. The van der Waals surface area contributed by atoms with Gasteiger partial charge in [0.15, 0.2) is 22.5 Å². The molecule has 2 aliphatic heterocycles. The average molecular weight is 741 g/mol. The molecule has 3 heterocycles. The van der Waals surface area contributed by atoms with Crippen LogP contribution in [0, 0.1) is 0 Å². The molecule has 4 aromatic rings. The van der Waals surface area contributed by atoms with Crippen molar-refractivity contribution in [2.24, 2.45) is 0 Å². The molecule has 2 aliphatic rings. The number of fused-ring (bicyclic) bond motifs is 1. The summed E-state index contributed by atoms with van der Waals surface area (Å²) in [5.74, 6) is -3.09. The number of esters is 1. The van der Waals surface area contributed by atoms with Gasteiger partial charge in [-0.25, -0.2) is 4.79 Å². The van der Waals surface area contributed by atoms with Crippen molar-refractivity contribution < 1.29 is 79.2 Å². The molecule has 17 heteroatoms. The molecule has 0 radical (unpaired) electrons. The smallest absolute Gasteiger partial charge is 0.330 e. The summed E-state index contributed by atoms with van der Waals surface area (Å²) in [5.41, 5.74) is -2.00. The number of aliphatic hydroxyl groups is 6. The van der Waals surface area contributed by atoms with Gasteiger partial charge in [0.1, 0.15) is 89.9 Å². The van der Waals surface area contributed by atoms with Crippen molar-refractivity contribution in [3.05, 3.63) is 81.5 Å². The van der Waals surface area contributed by atoms with Gasteiger partial charge < -0.3 is 74.4 Å². The van der Waals surface area contributed by atoms with Crippen LogP contribution in [0.25, 0.3) is 28.4 Å². The Labute approximate surface area is 299 Å². The van der Waals surface area contributed by atoms with Crippen LogP contribution >= 0.6 is 0 Å². The van der Waals surface area contributed by atoms with E-state index in [4.69, 9.17) is 23.4 Å². The summed E-state index contributed by atoms with van der Waals surface area (Å²) in [6.07, 6.45) is -14.2. The predicted octanol–water partition coefficient (Wildman–Crippen LogP) is 0.224. The fraction of sp³-hybridized carbons (Fsp3) is 0.333. The topological polar surface area (TPSA) is 286 Å². The molecule has 3 aromatic carbocycles. The Kier molecular flexibility index (Phi) is 10.6. The Morgan fingerprint density at radius 3 is 2.23 bits per heavy atom. The van der Waals surface area contributed by atoms with Gasteiger partial charge in [0.25, 0.3) is 0 Å². The molecule has 53 heavy (non-hydrogen) atoms. The van der Waals surface area contributed by atoms with E-state index in [1.54, 1.807) is 0 Å². The lowest BCUT2D eigenvalue weighted by atomic mass is 9.85. The third kappa shape index (κ3) is 7.11. The largest absolute Gasteiger partial charge is 0.508 e. The van der Waals surface area contributed by atoms with E-state index in [1.165, 1.54) is 55.7 Å². The quantitative estimate of drug-likeness (QED) is 0.0854. The van der Waals surface area contributed by atoms with E-state index in [1.807, 2.05) is 0 Å². The second-order valence-corrected chi connectivity index (χ2v) is 12.5. The van der Waals surface area contributed by atoms with Crippen LogP contribution in [0.3, 0.4) is 0 Å². The predicted molar refractivity (Wildman–Crippen MR) is 180 cm³/mol. The maximum absolute atomic E-state index is 13.7. The lowest BCUT2D eigenvalue weighted by Gasteiger charge is -2.41. The number of aromatic hydroxyl groups is 4. The number of rotatable bonds is 8. The van der Waals surface area contributed by atoms with Gasteiger partial charge in [-0.2, -0.15) is 0 Å². The van der Waals surface area contributed by atoms with E-state index >= 15 is 0 Å². The standard InChI is InChI=1S/C36H36O17/c1-49-21-10-14(2-8-17(21)38)3-9-23(41)50-13-22-28(43)31(46)33(48)36(53-22)26-30(45)25(35-32(47)27(42)19(40)12-51-35)29(44)24-18(39)11-20(52-34(24)26)15-4-6-16(37)7-5-15/h2-11,19,22,27-28,31-33,35-38,40,42-48H,12-13H2,1H3/b9-3+/t19-,22-,27-,28+,31+,32+,33-,35?,36?/m1/s1. The van der Waals surface area contributed by atoms with Crippen LogP contribution in [-0.4, -0.2) is 120 Å². The summed E-state index contributed by atoms with van der Waals surface area (Å²) in [6, 6.07) is 10.7. The molecule has 17 nitrogen and oxygen atoms in total.